The molecule has 1 heterocycles. The van der Waals surface area contributed by atoms with Gasteiger partial charge in [0.15, 0.2) is 0 Å². The van der Waals surface area contributed by atoms with Crippen LogP contribution in [0.2, 0.25) is 0 Å². The van der Waals surface area contributed by atoms with Gasteiger partial charge in [0, 0.05) is 19.1 Å². The standard InChI is InChI=1S/C9H18N2O2S/c1-2-14(12,13)11-5-3-9(4-6-11)7-8(9)10/h8H,2-7,10H2,1H3. The maximum atomic E-state index is 11.6. The van der Waals surface area contributed by atoms with E-state index in [1.807, 2.05) is 0 Å². The highest BCUT2D eigenvalue weighted by Gasteiger charge is 2.53. The first-order chi connectivity index (χ1) is 6.50. The Morgan fingerprint density at radius 3 is 2.29 bits per heavy atom. The molecular weight excluding hydrogens is 200 g/mol. The monoisotopic (exact) mass is 218 g/mol. The van der Waals surface area contributed by atoms with Crippen LogP contribution in [-0.4, -0.2) is 37.6 Å². The fraction of sp³-hybridized carbons (Fsp3) is 1.00. The van der Waals surface area contributed by atoms with Gasteiger partial charge in [-0.2, -0.15) is 0 Å². The summed E-state index contributed by atoms with van der Waals surface area (Å²) >= 11 is 0. The van der Waals surface area contributed by atoms with Crippen LogP contribution in [0.5, 0.6) is 0 Å². The van der Waals surface area contributed by atoms with Gasteiger partial charge in [0.1, 0.15) is 0 Å². The lowest BCUT2D eigenvalue weighted by Gasteiger charge is -2.31. The molecule has 1 unspecified atom stereocenters. The molecule has 5 heteroatoms. The van der Waals surface area contributed by atoms with Crippen LogP contribution >= 0.6 is 0 Å². The number of hydrogen-bond donors (Lipinski definition) is 1. The van der Waals surface area contributed by atoms with E-state index in [9.17, 15) is 8.42 Å². The molecule has 0 aromatic rings. The number of hydrogen-bond acceptors (Lipinski definition) is 3. The Hall–Kier alpha value is -0.130. The molecule has 4 nitrogen and oxygen atoms in total. The molecule has 82 valence electrons. The molecule has 2 fully saturated rings. The summed E-state index contributed by atoms with van der Waals surface area (Å²) in [5.74, 6) is 0.214. The van der Waals surface area contributed by atoms with Crippen LogP contribution in [0.15, 0.2) is 0 Å². The molecule has 1 saturated carbocycles. The Bertz CT molecular complexity index is 318. The Balaban J connectivity index is 1.97. The fourth-order valence-corrected chi connectivity index (χ4v) is 3.45. The number of sulfonamides is 1. The van der Waals surface area contributed by atoms with Gasteiger partial charge in [0.25, 0.3) is 0 Å². The van der Waals surface area contributed by atoms with Crippen molar-refractivity contribution in [3.05, 3.63) is 0 Å². The molecule has 1 aliphatic carbocycles. The van der Waals surface area contributed by atoms with Gasteiger partial charge in [0.05, 0.1) is 5.75 Å². The van der Waals surface area contributed by atoms with Crippen molar-refractivity contribution in [3.63, 3.8) is 0 Å². The molecule has 0 aromatic carbocycles. The minimum absolute atomic E-state index is 0.214. The molecular formula is C9H18N2O2S. The minimum Gasteiger partial charge on any atom is -0.327 e. The second-order valence-electron chi connectivity index (χ2n) is 4.47. The zero-order chi connectivity index (χ0) is 10.4. The highest BCUT2D eigenvalue weighted by atomic mass is 32.2. The molecule has 2 rings (SSSR count). The summed E-state index contributed by atoms with van der Waals surface area (Å²) in [6, 6.07) is 0.328. The molecule has 2 aliphatic rings. The van der Waals surface area contributed by atoms with Gasteiger partial charge < -0.3 is 5.73 Å². The maximum absolute atomic E-state index is 11.6. The van der Waals surface area contributed by atoms with Crippen LogP contribution in [0.4, 0.5) is 0 Å². The van der Waals surface area contributed by atoms with E-state index in [2.05, 4.69) is 0 Å². The van der Waals surface area contributed by atoms with Gasteiger partial charge >= 0.3 is 0 Å². The van der Waals surface area contributed by atoms with E-state index in [0.29, 0.717) is 24.5 Å². The van der Waals surface area contributed by atoms with Gasteiger partial charge in [-0.1, -0.05) is 0 Å². The Morgan fingerprint density at radius 1 is 1.43 bits per heavy atom. The van der Waals surface area contributed by atoms with Gasteiger partial charge in [-0.15, -0.1) is 0 Å². The molecule has 14 heavy (non-hydrogen) atoms. The third-order valence-corrected chi connectivity index (χ3v) is 5.61. The predicted octanol–water partition coefficient (Wildman–Crippen LogP) is 0.149. The molecule has 1 atom stereocenters. The van der Waals surface area contributed by atoms with E-state index in [4.69, 9.17) is 5.73 Å². The highest BCUT2D eigenvalue weighted by Crippen LogP contribution is 2.52. The number of nitrogens with zero attached hydrogens (tertiary/aromatic N) is 1. The first-order valence-electron chi connectivity index (χ1n) is 5.24. The average molecular weight is 218 g/mol. The normalized spacial score (nSPS) is 32.0. The van der Waals surface area contributed by atoms with Crippen molar-refractivity contribution in [2.75, 3.05) is 18.8 Å². The topological polar surface area (TPSA) is 63.4 Å². The van der Waals surface area contributed by atoms with Crippen LogP contribution in [0.25, 0.3) is 0 Å². The van der Waals surface area contributed by atoms with Crippen molar-refractivity contribution < 1.29 is 8.42 Å². The van der Waals surface area contributed by atoms with Gasteiger partial charge in [-0.3, -0.25) is 0 Å². The molecule has 0 bridgehead atoms. The van der Waals surface area contributed by atoms with Crippen molar-refractivity contribution in [3.8, 4) is 0 Å². The third kappa shape index (κ3) is 1.57. The highest BCUT2D eigenvalue weighted by molar-refractivity contribution is 7.89. The van der Waals surface area contributed by atoms with Crippen LogP contribution in [0.1, 0.15) is 26.2 Å². The van der Waals surface area contributed by atoms with Crippen LogP contribution in [0.3, 0.4) is 0 Å². The second-order valence-corrected chi connectivity index (χ2v) is 6.73. The van der Waals surface area contributed by atoms with Crippen molar-refractivity contribution >= 4 is 10.0 Å². The van der Waals surface area contributed by atoms with Crippen molar-refractivity contribution in [1.82, 2.24) is 4.31 Å². The third-order valence-electron chi connectivity index (χ3n) is 3.73. The minimum atomic E-state index is -2.97. The van der Waals surface area contributed by atoms with Crippen molar-refractivity contribution in [2.45, 2.75) is 32.2 Å². The number of rotatable bonds is 2. The first-order valence-corrected chi connectivity index (χ1v) is 6.84. The van der Waals surface area contributed by atoms with E-state index in [1.54, 1.807) is 11.2 Å². The van der Waals surface area contributed by atoms with E-state index in [1.165, 1.54) is 0 Å². The van der Waals surface area contributed by atoms with Crippen LogP contribution in [-0.2, 0) is 10.0 Å². The van der Waals surface area contributed by atoms with E-state index < -0.39 is 10.0 Å². The smallest absolute Gasteiger partial charge is 0.213 e. The SMILES string of the molecule is CCS(=O)(=O)N1CCC2(CC1)CC2N. The van der Waals surface area contributed by atoms with Crippen molar-refractivity contribution in [2.24, 2.45) is 11.1 Å². The van der Waals surface area contributed by atoms with Gasteiger partial charge in [-0.25, -0.2) is 12.7 Å². The Labute approximate surface area is 85.5 Å². The zero-order valence-corrected chi connectivity index (χ0v) is 9.39. The lowest BCUT2D eigenvalue weighted by atomic mass is 9.94. The summed E-state index contributed by atoms with van der Waals surface area (Å²) in [7, 11) is -2.97. The Kier molecular flexibility index (Phi) is 2.36. The molecule has 1 spiro atoms. The summed E-state index contributed by atoms with van der Waals surface area (Å²) in [6.45, 7) is 3.04. The quantitative estimate of drug-likeness (QED) is 0.717. The molecule has 0 radical (unpaired) electrons. The largest absolute Gasteiger partial charge is 0.327 e. The molecule has 2 N–H and O–H groups in total. The average Bonchev–Trinajstić information content (AvgIpc) is 2.77. The molecule has 1 saturated heterocycles. The lowest BCUT2D eigenvalue weighted by molar-refractivity contribution is 0.252. The van der Waals surface area contributed by atoms with E-state index in [0.717, 1.165) is 19.3 Å². The summed E-state index contributed by atoms with van der Waals surface area (Å²) in [5, 5.41) is 0. The summed E-state index contributed by atoms with van der Waals surface area (Å²) in [4.78, 5) is 0. The van der Waals surface area contributed by atoms with E-state index in [-0.39, 0.29) is 5.75 Å². The lowest BCUT2D eigenvalue weighted by Crippen LogP contribution is -2.41. The predicted molar refractivity (Wildman–Crippen MR) is 55.3 cm³/mol. The summed E-state index contributed by atoms with van der Waals surface area (Å²) < 4.78 is 24.7. The second kappa shape index (κ2) is 3.18. The number of piperidine rings is 1. The van der Waals surface area contributed by atoms with E-state index >= 15 is 0 Å². The summed E-state index contributed by atoms with van der Waals surface area (Å²) in [5.41, 5.74) is 6.16. The zero-order valence-electron chi connectivity index (χ0n) is 8.57. The van der Waals surface area contributed by atoms with Gasteiger partial charge in [0.2, 0.25) is 10.0 Å². The maximum Gasteiger partial charge on any atom is 0.213 e. The number of nitrogens with two attached hydrogens (primary N) is 1. The summed E-state index contributed by atoms with van der Waals surface area (Å²) in [6.07, 6.45) is 2.99. The molecule has 0 aromatic heterocycles. The molecule has 1 aliphatic heterocycles. The fourth-order valence-electron chi connectivity index (χ4n) is 2.35. The Morgan fingerprint density at radius 2 is 1.93 bits per heavy atom. The van der Waals surface area contributed by atoms with Crippen LogP contribution in [0, 0.1) is 5.41 Å². The van der Waals surface area contributed by atoms with Crippen LogP contribution < -0.4 is 5.73 Å². The first kappa shape index (κ1) is 10.4. The van der Waals surface area contributed by atoms with Crippen molar-refractivity contribution in [1.29, 1.82) is 0 Å². The molecule has 0 amide bonds. The van der Waals surface area contributed by atoms with Gasteiger partial charge in [-0.05, 0) is 31.6 Å².